The second-order valence-electron chi connectivity index (χ2n) is 5.05. The van der Waals surface area contributed by atoms with Crippen LogP contribution >= 0.6 is 0 Å². The summed E-state index contributed by atoms with van der Waals surface area (Å²) in [4.78, 5) is 13.5. The van der Waals surface area contributed by atoms with Crippen LogP contribution in [0.15, 0.2) is 23.3 Å². The van der Waals surface area contributed by atoms with Crippen molar-refractivity contribution in [3.63, 3.8) is 0 Å². The van der Waals surface area contributed by atoms with E-state index >= 15 is 0 Å². The van der Waals surface area contributed by atoms with Gasteiger partial charge in [0.15, 0.2) is 0 Å². The molecule has 7 heteroatoms. The fraction of sp³-hybridized carbons (Fsp3) is 0.500. The third-order valence-corrected chi connectivity index (χ3v) is 3.45. The average Bonchev–Trinajstić information content (AvgIpc) is 2.56. The number of methoxy groups -OCH3 is 1. The molecule has 23 heavy (non-hydrogen) atoms. The highest BCUT2D eigenvalue weighted by molar-refractivity contribution is 5.81. The standard InChI is InChI=1S/C16H23N3O4/c1-3-23-16(20)18-17-11-13-4-5-15(21-2)14(10-13)12-19-6-8-22-9-7-19/h4-5,10-11H,3,6-9,12H2,1-2H3,(H,18,20). The number of hydrazone groups is 1. The molecule has 0 aliphatic carbocycles. The number of hydrogen-bond donors (Lipinski definition) is 1. The lowest BCUT2D eigenvalue weighted by Gasteiger charge is -2.27. The summed E-state index contributed by atoms with van der Waals surface area (Å²) >= 11 is 0. The van der Waals surface area contributed by atoms with E-state index in [1.807, 2.05) is 18.2 Å². The zero-order valence-corrected chi connectivity index (χ0v) is 13.6. The van der Waals surface area contributed by atoms with Crippen LogP contribution in [0.2, 0.25) is 0 Å². The van der Waals surface area contributed by atoms with Crippen LogP contribution in [0.25, 0.3) is 0 Å². The van der Waals surface area contributed by atoms with Crippen molar-refractivity contribution in [3.8, 4) is 5.75 Å². The summed E-state index contributed by atoms with van der Waals surface area (Å²) in [5.41, 5.74) is 4.27. The van der Waals surface area contributed by atoms with Crippen LogP contribution in [0, 0.1) is 0 Å². The minimum Gasteiger partial charge on any atom is -0.496 e. The molecular formula is C16H23N3O4. The quantitative estimate of drug-likeness (QED) is 0.636. The van der Waals surface area contributed by atoms with Crippen LogP contribution in [-0.2, 0) is 16.0 Å². The molecule has 0 aromatic heterocycles. The first kappa shape index (κ1) is 17.2. The van der Waals surface area contributed by atoms with Gasteiger partial charge in [-0.1, -0.05) is 0 Å². The third kappa shape index (κ3) is 5.54. The van der Waals surface area contributed by atoms with E-state index in [4.69, 9.17) is 14.2 Å². The second-order valence-corrected chi connectivity index (χ2v) is 5.05. The van der Waals surface area contributed by atoms with Crippen LogP contribution in [-0.4, -0.2) is 57.2 Å². The van der Waals surface area contributed by atoms with Gasteiger partial charge in [0.25, 0.3) is 0 Å². The molecule has 7 nitrogen and oxygen atoms in total. The Balaban J connectivity index is 2.02. The van der Waals surface area contributed by atoms with Gasteiger partial charge in [-0.25, -0.2) is 10.2 Å². The van der Waals surface area contributed by atoms with Gasteiger partial charge in [-0.15, -0.1) is 0 Å². The zero-order valence-electron chi connectivity index (χ0n) is 13.6. The SMILES string of the molecule is CCOC(=O)NN=Cc1ccc(OC)c(CN2CCOCC2)c1. The van der Waals surface area contributed by atoms with Gasteiger partial charge in [-0.05, 0) is 30.7 Å². The Labute approximate surface area is 136 Å². The number of amides is 1. The Morgan fingerprint density at radius 1 is 1.43 bits per heavy atom. The molecule has 0 radical (unpaired) electrons. The number of nitrogens with one attached hydrogen (secondary N) is 1. The Kier molecular flexibility index (Phi) is 6.83. The van der Waals surface area contributed by atoms with Crippen LogP contribution in [0.1, 0.15) is 18.1 Å². The molecule has 1 saturated heterocycles. The van der Waals surface area contributed by atoms with E-state index in [9.17, 15) is 4.79 Å². The Morgan fingerprint density at radius 3 is 2.91 bits per heavy atom. The van der Waals surface area contributed by atoms with Crippen LogP contribution < -0.4 is 10.2 Å². The van der Waals surface area contributed by atoms with E-state index in [2.05, 4.69) is 15.4 Å². The van der Waals surface area contributed by atoms with Gasteiger partial charge in [0.1, 0.15) is 5.75 Å². The number of hydrogen-bond acceptors (Lipinski definition) is 6. The minimum atomic E-state index is -0.564. The Hall–Kier alpha value is -2.12. The fourth-order valence-corrected chi connectivity index (χ4v) is 2.33. The number of morpholine rings is 1. The van der Waals surface area contributed by atoms with Crippen molar-refractivity contribution in [2.75, 3.05) is 40.0 Å². The molecule has 0 bridgehead atoms. The van der Waals surface area contributed by atoms with E-state index in [1.54, 1.807) is 20.2 Å². The molecule has 0 atom stereocenters. The van der Waals surface area contributed by atoms with E-state index in [1.165, 1.54) is 0 Å². The van der Waals surface area contributed by atoms with E-state index in [0.717, 1.165) is 49.7 Å². The molecule has 1 heterocycles. The molecular weight excluding hydrogens is 298 g/mol. The van der Waals surface area contributed by atoms with Gasteiger partial charge in [0.05, 0.1) is 33.1 Å². The Bertz CT molecular complexity index is 542. The maximum absolute atomic E-state index is 11.2. The van der Waals surface area contributed by atoms with Crippen molar-refractivity contribution < 1.29 is 19.0 Å². The summed E-state index contributed by atoms with van der Waals surface area (Å²) in [7, 11) is 1.66. The van der Waals surface area contributed by atoms with Gasteiger partial charge in [0, 0.05) is 25.2 Å². The first-order chi connectivity index (χ1) is 11.2. The highest BCUT2D eigenvalue weighted by Gasteiger charge is 2.13. The van der Waals surface area contributed by atoms with Crippen molar-refractivity contribution in [2.45, 2.75) is 13.5 Å². The summed E-state index contributed by atoms with van der Waals surface area (Å²) in [5, 5.41) is 3.88. The molecule has 1 N–H and O–H groups in total. The maximum Gasteiger partial charge on any atom is 0.427 e. The first-order valence-corrected chi connectivity index (χ1v) is 7.65. The molecule has 1 aliphatic heterocycles. The largest absolute Gasteiger partial charge is 0.496 e. The topological polar surface area (TPSA) is 72.4 Å². The van der Waals surface area contributed by atoms with Gasteiger partial charge in [-0.2, -0.15) is 5.10 Å². The molecule has 2 rings (SSSR count). The van der Waals surface area contributed by atoms with Crippen LogP contribution in [0.4, 0.5) is 4.79 Å². The lowest BCUT2D eigenvalue weighted by Crippen LogP contribution is -2.35. The molecule has 126 valence electrons. The Morgan fingerprint density at radius 2 is 2.22 bits per heavy atom. The van der Waals surface area contributed by atoms with Crippen LogP contribution in [0.5, 0.6) is 5.75 Å². The monoisotopic (exact) mass is 321 g/mol. The van der Waals surface area contributed by atoms with E-state index in [-0.39, 0.29) is 0 Å². The number of benzene rings is 1. The van der Waals surface area contributed by atoms with Crippen molar-refractivity contribution in [1.82, 2.24) is 10.3 Å². The molecule has 1 aromatic carbocycles. The zero-order chi connectivity index (χ0) is 16.5. The van der Waals surface area contributed by atoms with Gasteiger partial charge >= 0.3 is 6.09 Å². The molecule has 1 amide bonds. The molecule has 1 aromatic rings. The predicted octanol–water partition coefficient (Wildman–Crippen LogP) is 1.61. The maximum atomic E-state index is 11.2. The highest BCUT2D eigenvalue weighted by Crippen LogP contribution is 2.21. The number of carbonyl (C=O) groups is 1. The first-order valence-electron chi connectivity index (χ1n) is 7.65. The van der Waals surface area contributed by atoms with Gasteiger partial charge < -0.3 is 14.2 Å². The summed E-state index contributed by atoms with van der Waals surface area (Å²) in [5.74, 6) is 0.840. The minimum absolute atomic E-state index is 0.313. The van der Waals surface area contributed by atoms with Crippen LogP contribution in [0.3, 0.4) is 0 Å². The summed E-state index contributed by atoms with van der Waals surface area (Å²) in [6.45, 7) is 6.18. The average molecular weight is 321 g/mol. The summed E-state index contributed by atoms with van der Waals surface area (Å²) in [6.07, 6.45) is 1.02. The third-order valence-electron chi connectivity index (χ3n) is 3.45. The van der Waals surface area contributed by atoms with Crippen molar-refractivity contribution in [1.29, 1.82) is 0 Å². The number of rotatable bonds is 6. The summed E-state index contributed by atoms with van der Waals surface area (Å²) < 4.78 is 15.5. The fourth-order valence-electron chi connectivity index (χ4n) is 2.33. The number of carbonyl (C=O) groups excluding carboxylic acids is 1. The molecule has 0 unspecified atom stereocenters. The normalized spacial score (nSPS) is 15.6. The van der Waals surface area contributed by atoms with Gasteiger partial charge in [-0.3, -0.25) is 4.90 Å². The lowest BCUT2D eigenvalue weighted by molar-refractivity contribution is 0.0339. The lowest BCUT2D eigenvalue weighted by atomic mass is 10.1. The number of ether oxygens (including phenoxy) is 3. The van der Waals surface area contributed by atoms with E-state index < -0.39 is 6.09 Å². The molecule has 0 saturated carbocycles. The summed E-state index contributed by atoms with van der Waals surface area (Å²) in [6, 6.07) is 5.80. The van der Waals surface area contributed by atoms with Crippen molar-refractivity contribution >= 4 is 12.3 Å². The smallest absolute Gasteiger partial charge is 0.427 e. The van der Waals surface area contributed by atoms with E-state index in [0.29, 0.717) is 6.61 Å². The number of nitrogens with zero attached hydrogens (tertiary/aromatic N) is 2. The van der Waals surface area contributed by atoms with Crippen molar-refractivity contribution in [3.05, 3.63) is 29.3 Å². The molecule has 1 fully saturated rings. The molecule has 0 spiro atoms. The second kappa shape index (κ2) is 9.12. The highest BCUT2D eigenvalue weighted by atomic mass is 16.5. The van der Waals surface area contributed by atoms with Gasteiger partial charge in [0.2, 0.25) is 0 Å². The molecule has 1 aliphatic rings. The predicted molar refractivity (Wildman–Crippen MR) is 86.8 cm³/mol. The van der Waals surface area contributed by atoms with Crippen molar-refractivity contribution in [2.24, 2.45) is 5.10 Å².